The molecule has 3 aromatic rings. The van der Waals surface area contributed by atoms with Crippen LogP contribution in [0.5, 0.6) is 0 Å². The van der Waals surface area contributed by atoms with Crippen molar-refractivity contribution in [2.24, 2.45) is 0 Å². The predicted molar refractivity (Wildman–Crippen MR) is 124 cm³/mol. The molecule has 0 saturated carbocycles. The van der Waals surface area contributed by atoms with E-state index in [1.54, 1.807) is 42.5 Å². The molecular formula is C24H26FN3O5S. The van der Waals surface area contributed by atoms with Crippen LogP contribution in [0.15, 0.2) is 77.4 Å². The second-order valence-corrected chi connectivity index (χ2v) is 9.87. The van der Waals surface area contributed by atoms with Crippen LogP contribution < -0.4 is 5.32 Å². The first-order chi connectivity index (χ1) is 16.1. The molecule has 0 fully saturated rings. The molecule has 2 amide bonds. The highest BCUT2D eigenvalue weighted by Gasteiger charge is 2.33. The lowest BCUT2D eigenvalue weighted by atomic mass is 10.0. The number of sulfonamides is 1. The van der Waals surface area contributed by atoms with Gasteiger partial charge in [0.15, 0.2) is 0 Å². The lowest BCUT2D eigenvalue weighted by Crippen LogP contribution is -2.47. The first kappa shape index (κ1) is 25.1. The van der Waals surface area contributed by atoms with Gasteiger partial charge in [-0.3, -0.25) is 9.59 Å². The smallest absolute Gasteiger partial charge is 0.247 e. The molecule has 8 nitrogen and oxygen atoms in total. The lowest BCUT2D eigenvalue weighted by molar-refractivity contribution is -0.141. The molecule has 1 aromatic heterocycles. The highest BCUT2D eigenvalue weighted by molar-refractivity contribution is 7.88. The maximum absolute atomic E-state index is 13.4. The van der Waals surface area contributed by atoms with Gasteiger partial charge in [-0.05, 0) is 35.4 Å². The number of benzene rings is 2. The summed E-state index contributed by atoms with van der Waals surface area (Å²) in [6.07, 6.45) is 2.48. The Bertz CT molecular complexity index is 1200. The van der Waals surface area contributed by atoms with Gasteiger partial charge in [0.1, 0.15) is 17.6 Å². The van der Waals surface area contributed by atoms with E-state index < -0.39 is 40.2 Å². The van der Waals surface area contributed by atoms with Crippen LogP contribution in [0.2, 0.25) is 0 Å². The van der Waals surface area contributed by atoms with Gasteiger partial charge in [-0.1, -0.05) is 42.5 Å². The normalized spacial score (nSPS) is 12.4. The summed E-state index contributed by atoms with van der Waals surface area (Å²) in [5.74, 6) is -0.957. The van der Waals surface area contributed by atoms with Crippen molar-refractivity contribution in [2.75, 3.05) is 19.8 Å². The number of amides is 2. The van der Waals surface area contributed by atoms with E-state index in [2.05, 4.69) is 5.32 Å². The summed E-state index contributed by atoms with van der Waals surface area (Å²) in [7, 11) is -2.35. The van der Waals surface area contributed by atoms with Gasteiger partial charge in [-0.25, -0.2) is 12.8 Å². The summed E-state index contributed by atoms with van der Waals surface area (Å²) in [5, 5.41) is 2.78. The number of hydrogen-bond donors (Lipinski definition) is 1. The van der Waals surface area contributed by atoms with Crippen LogP contribution >= 0.6 is 0 Å². The van der Waals surface area contributed by atoms with Gasteiger partial charge in [-0.2, -0.15) is 4.31 Å². The Balaban J connectivity index is 1.97. The Morgan fingerprint density at radius 1 is 1.03 bits per heavy atom. The molecule has 0 spiro atoms. The maximum atomic E-state index is 13.4. The van der Waals surface area contributed by atoms with Gasteiger partial charge >= 0.3 is 0 Å². The van der Waals surface area contributed by atoms with E-state index in [1.807, 2.05) is 0 Å². The Kier molecular flexibility index (Phi) is 8.19. The van der Waals surface area contributed by atoms with E-state index in [0.717, 1.165) is 10.6 Å². The number of carbonyl (C=O) groups is 2. The molecule has 10 heteroatoms. The van der Waals surface area contributed by atoms with Crippen molar-refractivity contribution in [3.8, 4) is 0 Å². The van der Waals surface area contributed by atoms with Crippen LogP contribution in [0.4, 0.5) is 4.39 Å². The lowest BCUT2D eigenvalue weighted by Gasteiger charge is -2.32. The molecular weight excluding hydrogens is 461 g/mol. The molecule has 2 aromatic carbocycles. The molecule has 0 aliphatic carbocycles. The van der Waals surface area contributed by atoms with Gasteiger partial charge < -0.3 is 14.6 Å². The topological polar surface area (TPSA) is 99.9 Å². The third-order valence-electron chi connectivity index (χ3n) is 5.20. The molecule has 0 bridgehead atoms. The molecule has 1 atom stereocenters. The molecule has 180 valence electrons. The Morgan fingerprint density at radius 3 is 2.29 bits per heavy atom. The van der Waals surface area contributed by atoms with Crippen molar-refractivity contribution < 1.29 is 26.8 Å². The van der Waals surface area contributed by atoms with Crippen molar-refractivity contribution >= 4 is 21.8 Å². The summed E-state index contributed by atoms with van der Waals surface area (Å²) < 4.78 is 43.5. The number of furan rings is 1. The monoisotopic (exact) mass is 487 g/mol. The largest absolute Gasteiger partial charge is 0.467 e. The van der Waals surface area contributed by atoms with Crippen LogP contribution in [0.25, 0.3) is 0 Å². The van der Waals surface area contributed by atoms with Crippen molar-refractivity contribution in [1.29, 1.82) is 0 Å². The molecule has 0 aliphatic heterocycles. The average Bonchev–Trinajstić information content (AvgIpc) is 3.32. The second-order valence-electron chi connectivity index (χ2n) is 7.78. The minimum absolute atomic E-state index is 0.0373. The SMILES string of the molecule is CN(CC(=O)N(Cc1ccc(F)cc1)C(C(=O)NCc1ccco1)c1ccccc1)S(C)(=O)=O. The third-order valence-corrected chi connectivity index (χ3v) is 6.46. The number of rotatable bonds is 10. The van der Waals surface area contributed by atoms with Gasteiger partial charge in [0.2, 0.25) is 21.8 Å². The standard InChI is InChI=1S/C24H26FN3O5S/c1-27(34(2,31)32)17-22(29)28(16-18-10-12-20(25)13-11-18)23(19-7-4-3-5-8-19)24(30)26-15-21-9-6-14-33-21/h3-14,23H,15-17H2,1-2H3,(H,26,30). The van der Waals surface area contributed by atoms with Gasteiger partial charge in [0.05, 0.1) is 25.6 Å². The zero-order chi connectivity index (χ0) is 24.7. The van der Waals surface area contributed by atoms with Gasteiger partial charge in [-0.15, -0.1) is 0 Å². The minimum atomic E-state index is -3.64. The zero-order valence-corrected chi connectivity index (χ0v) is 19.7. The molecule has 1 N–H and O–H groups in total. The fourth-order valence-electron chi connectivity index (χ4n) is 3.30. The molecule has 3 rings (SSSR count). The minimum Gasteiger partial charge on any atom is -0.467 e. The summed E-state index contributed by atoms with van der Waals surface area (Å²) in [6, 6.07) is 16.6. The van der Waals surface area contributed by atoms with Crippen LogP contribution in [0.1, 0.15) is 22.9 Å². The van der Waals surface area contributed by atoms with E-state index in [0.29, 0.717) is 16.9 Å². The number of carbonyl (C=O) groups excluding carboxylic acids is 2. The van der Waals surface area contributed by atoms with Crippen molar-refractivity contribution in [1.82, 2.24) is 14.5 Å². The summed E-state index contributed by atoms with van der Waals surface area (Å²) >= 11 is 0. The molecule has 0 radical (unpaired) electrons. The number of likely N-dealkylation sites (N-methyl/N-ethyl adjacent to an activating group) is 1. The van der Waals surface area contributed by atoms with E-state index >= 15 is 0 Å². The van der Waals surface area contributed by atoms with E-state index in [9.17, 15) is 22.4 Å². The number of nitrogens with one attached hydrogen (secondary N) is 1. The Labute approximate surface area is 198 Å². The van der Waals surface area contributed by atoms with E-state index in [4.69, 9.17) is 4.42 Å². The Hall–Kier alpha value is -3.50. The molecule has 0 aliphatic rings. The van der Waals surface area contributed by atoms with E-state index in [1.165, 1.54) is 42.5 Å². The summed E-state index contributed by atoms with van der Waals surface area (Å²) in [5.41, 5.74) is 1.12. The van der Waals surface area contributed by atoms with Crippen molar-refractivity contribution in [3.05, 3.63) is 95.7 Å². The maximum Gasteiger partial charge on any atom is 0.247 e. The molecule has 34 heavy (non-hydrogen) atoms. The number of nitrogens with zero attached hydrogens (tertiary/aromatic N) is 2. The van der Waals surface area contributed by atoms with E-state index in [-0.39, 0.29) is 13.1 Å². The zero-order valence-electron chi connectivity index (χ0n) is 18.8. The first-order valence-electron chi connectivity index (χ1n) is 10.5. The third kappa shape index (κ3) is 6.75. The molecule has 1 heterocycles. The number of halogens is 1. The van der Waals surface area contributed by atoms with Crippen molar-refractivity contribution in [3.63, 3.8) is 0 Å². The van der Waals surface area contributed by atoms with Gasteiger partial charge in [0, 0.05) is 13.6 Å². The summed E-state index contributed by atoms with van der Waals surface area (Å²) in [4.78, 5) is 28.0. The quantitative estimate of drug-likeness (QED) is 0.474. The van der Waals surface area contributed by atoms with Crippen LogP contribution in [0.3, 0.4) is 0 Å². The van der Waals surface area contributed by atoms with Gasteiger partial charge in [0.25, 0.3) is 0 Å². The van der Waals surface area contributed by atoms with Crippen LogP contribution in [-0.2, 0) is 32.7 Å². The fraction of sp³-hybridized carbons (Fsp3) is 0.250. The average molecular weight is 488 g/mol. The Morgan fingerprint density at radius 2 is 1.71 bits per heavy atom. The second kappa shape index (κ2) is 11.1. The predicted octanol–water partition coefficient (Wildman–Crippen LogP) is 2.70. The van der Waals surface area contributed by atoms with Crippen LogP contribution in [0, 0.1) is 5.82 Å². The first-order valence-corrected chi connectivity index (χ1v) is 12.3. The van der Waals surface area contributed by atoms with Crippen molar-refractivity contribution in [2.45, 2.75) is 19.1 Å². The number of hydrogen-bond acceptors (Lipinski definition) is 5. The molecule has 1 unspecified atom stereocenters. The van der Waals surface area contributed by atoms with Crippen LogP contribution in [-0.4, -0.2) is 49.3 Å². The fourth-order valence-corrected chi connectivity index (χ4v) is 3.65. The highest BCUT2D eigenvalue weighted by Crippen LogP contribution is 2.24. The molecule has 0 saturated heterocycles. The highest BCUT2D eigenvalue weighted by atomic mass is 32.2. The summed E-state index contributed by atoms with van der Waals surface area (Å²) in [6.45, 7) is -0.393.